The zero-order valence-corrected chi connectivity index (χ0v) is 14.2. The van der Waals surface area contributed by atoms with E-state index in [-0.39, 0.29) is 10.9 Å². The first-order valence-corrected chi connectivity index (χ1v) is 9.97. The number of nitrogens with two attached hydrogens (primary N) is 1. The first-order chi connectivity index (χ1) is 10.9. The van der Waals surface area contributed by atoms with Crippen LogP contribution in [0.1, 0.15) is 44.2 Å². The molecule has 1 saturated heterocycles. The van der Waals surface area contributed by atoms with Crippen LogP contribution in [-0.2, 0) is 14.8 Å². The second-order valence-corrected chi connectivity index (χ2v) is 8.87. The lowest BCUT2D eigenvalue weighted by molar-refractivity contribution is -0.178. The Balaban J connectivity index is 1.48. The van der Waals surface area contributed by atoms with Crippen molar-refractivity contribution in [2.24, 2.45) is 16.5 Å². The van der Waals surface area contributed by atoms with Crippen LogP contribution >= 0.6 is 0 Å². The fraction of sp³-hybridized carbons (Fsp3) is 0.647. The minimum Gasteiger partial charge on any atom is -0.377 e. The Bertz CT molecular complexity index is 697. The van der Waals surface area contributed by atoms with Crippen LogP contribution in [0.25, 0.3) is 0 Å². The van der Waals surface area contributed by atoms with Crippen molar-refractivity contribution < 1.29 is 13.2 Å². The largest absolute Gasteiger partial charge is 0.377 e. The number of benzene rings is 1. The highest BCUT2D eigenvalue weighted by atomic mass is 32.2. The van der Waals surface area contributed by atoms with E-state index in [1.807, 2.05) is 12.1 Å². The number of hydrogen-bond acceptors (Lipinski definition) is 4. The summed E-state index contributed by atoms with van der Waals surface area (Å²) in [4.78, 5) is 0.164. The summed E-state index contributed by atoms with van der Waals surface area (Å²) >= 11 is 0. The maximum Gasteiger partial charge on any atom is 0.238 e. The summed E-state index contributed by atoms with van der Waals surface area (Å²) in [5, 5.41) is 8.95. The summed E-state index contributed by atoms with van der Waals surface area (Å²) in [5.41, 5.74) is 1.45. The van der Waals surface area contributed by atoms with Crippen molar-refractivity contribution >= 4 is 10.0 Å². The van der Waals surface area contributed by atoms with Gasteiger partial charge in [-0.2, -0.15) is 0 Å². The summed E-state index contributed by atoms with van der Waals surface area (Å²) < 4.78 is 28.7. The maximum atomic E-state index is 11.4. The summed E-state index contributed by atoms with van der Waals surface area (Å²) in [5.74, 6) is 0.640. The first-order valence-electron chi connectivity index (χ1n) is 8.42. The van der Waals surface area contributed by atoms with E-state index < -0.39 is 10.0 Å². The molecular weight excluding hydrogens is 312 g/mol. The number of hydrogen-bond donors (Lipinski definition) is 2. The van der Waals surface area contributed by atoms with E-state index in [1.165, 1.54) is 19.3 Å². The summed E-state index contributed by atoms with van der Waals surface area (Å²) in [6.07, 6.45) is 5.46. The Morgan fingerprint density at radius 2 is 2.00 bits per heavy atom. The molecule has 1 spiro atoms. The van der Waals surface area contributed by atoms with E-state index in [2.05, 4.69) is 12.2 Å². The predicted molar refractivity (Wildman–Crippen MR) is 87.3 cm³/mol. The molecule has 0 radical (unpaired) electrons. The van der Waals surface area contributed by atoms with Gasteiger partial charge in [-0.1, -0.05) is 18.6 Å². The third kappa shape index (κ3) is 2.35. The highest BCUT2D eigenvalue weighted by molar-refractivity contribution is 7.89. The topological polar surface area (TPSA) is 81.4 Å². The third-order valence-electron chi connectivity index (χ3n) is 6.17. The molecule has 5 nitrogen and oxygen atoms in total. The standard InChI is InChI=1S/C17H24N2O3S/c1-11(12-3-5-13(6-4-12)23(18,20)21)19-15-14-7-10-22-16(14)17(15)8-2-9-17/h3-6,11,14-16,19H,2,7-10H2,1H3,(H2,18,20,21)/t11-,14+,15+,16+/m0/s1. The molecule has 6 heteroatoms. The highest BCUT2D eigenvalue weighted by Gasteiger charge is 2.66. The molecule has 3 N–H and O–H groups in total. The molecule has 1 heterocycles. The molecule has 23 heavy (non-hydrogen) atoms. The Kier molecular flexibility index (Phi) is 3.57. The van der Waals surface area contributed by atoms with Crippen molar-refractivity contribution in [3.63, 3.8) is 0 Å². The van der Waals surface area contributed by atoms with E-state index in [0.717, 1.165) is 18.6 Å². The third-order valence-corrected chi connectivity index (χ3v) is 7.10. The van der Waals surface area contributed by atoms with Crippen LogP contribution in [0, 0.1) is 11.3 Å². The van der Waals surface area contributed by atoms with Gasteiger partial charge >= 0.3 is 0 Å². The predicted octanol–water partition coefficient (Wildman–Crippen LogP) is 1.94. The van der Waals surface area contributed by atoms with Crippen molar-refractivity contribution in [1.29, 1.82) is 0 Å². The molecule has 3 aliphatic rings. The molecule has 0 amide bonds. The second kappa shape index (κ2) is 5.28. The van der Waals surface area contributed by atoms with Gasteiger partial charge in [0.1, 0.15) is 0 Å². The van der Waals surface area contributed by atoms with Gasteiger partial charge < -0.3 is 10.1 Å². The lowest BCUT2D eigenvalue weighted by Gasteiger charge is -2.64. The van der Waals surface area contributed by atoms with Crippen molar-refractivity contribution in [3.05, 3.63) is 29.8 Å². The van der Waals surface area contributed by atoms with Gasteiger partial charge in [0.2, 0.25) is 10.0 Å². The summed E-state index contributed by atoms with van der Waals surface area (Å²) in [6, 6.07) is 7.59. The smallest absolute Gasteiger partial charge is 0.238 e. The van der Waals surface area contributed by atoms with Crippen molar-refractivity contribution in [1.82, 2.24) is 5.32 Å². The Morgan fingerprint density at radius 1 is 1.30 bits per heavy atom. The molecule has 3 fully saturated rings. The monoisotopic (exact) mass is 336 g/mol. The zero-order chi connectivity index (χ0) is 16.2. The fourth-order valence-electron chi connectivity index (χ4n) is 4.81. The number of nitrogens with one attached hydrogen (secondary N) is 1. The Morgan fingerprint density at radius 3 is 2.57 bits per heavy atom. The van der Waals surface area contributed by atoms with Gasteiger partial charge in [0.05, 0.1) is 11.0 Å². The molecule has 2 aliphatic carbocycles. The minimum absolute atomic E-state index is 0.164. The van der Waals surface area contributed by atoms with Gasteiger partial charge in [-0.05, 0) is 43.9 Å². The van der Waals surface area contributed by atoms with Gasteiger partial charge in [0, 0.05) is 30.0 Å². The normalized spacial score (nSPS) is 32.9. The van der Waals surface area contributed by atoms with E-state index in [4.69, 9.17) is 9.88 Å². The van der Waals surface area contributed by atoms with Crippen LogP contribution in [0.5, 0.6) is 0 Å². The average molecular weight is 336 g/mol. The molecule has 126 valence electrons. The summed E-state index contributed by atoms with van der Waals surface area (Å²) in [6.45, 7) is 3.04. The minimum atomic E-state index is -3.62. The molecule has 0 bridgehead atoms. The van der Waals surface area contributed by atoms with Gasteiger partial charge in [0.25, 0.3) is 0 Å². The Labute approximate surface area is 137 Å². The number of fused-ring (bicyclic) bond motifs is 2. The first kappa shape index (κ1) is 15.6. The molecule has 4 atom stereocenters. The second-order valence-electron chi connectivity index (χ2n) is 7.31. The van der Waals surface area contributed by atoms with Crippen molar-refractivity contribution in [2.75, 3.05) is 6.61 Å². The molecule has 1 aromatic rings. The van der Waals surface area contributed by atoms with Crippen LogP contribution in [-0.4, -0.2) is 27.2 Å². The van der Waals surface area contributed by atoms with E-state index in [0.29, 0.717) is 23.5 Å². The number of sulfonamides is 1. The molecule has 4 rings (SSSR count). The molecule has 1 aromatic carbocycles. The van der Waals surface area contributed by atoms with Crippen molar-refractivity contribution in [2.45, 2.75) is 55.7 Å². The van der Waals surface area contributed by atoms with Crippen LogP contribution in [0.2, 0.25) is 0 Å². The SMILES string of the molecule is C[C@H](N[C@@H]1[C@H]2CCO[C@H]2C12CCC2)c1ccc(S(N)(=O)=O)cc1. The van der Waals surface area contributed by atoms with Gasteiger partial charge in [-0.3, -0.25) is 0 Å². The Hall–Kier alpha value is -0.950. The lowest BCUT2D eigenvalue weighted by atomic mass is 9.46. The van der Waals surface area contributed by atoms with Gasteiger partial charge in [-0.25, -0.2) is 13.6 Å². The van der Waals surface area contributed by atoms with Crippen LogP contribution in [0.15, 0.2) is 29.2 Å². The van der Waals surface area contributed by atoms with Crippen molar-refractivity contribution in [3.8, 4) is 0 Å². The van der Waals surface area contributed by atoms with Crippen LogP contribution in [0.3, 0.4) is 0 Å². The van der Waals surface area contributed by atoms with E-state index in [1.54, 1.807) is 12.1 Å². The molecular formula is C17H24N2O3S. The van der Waals surface area contributed by atoms with E-state index >= 15 is 0 Å². The molecule has 0 unspecified atom stereocenters. The average Bonchev–Trinajstić information content (AvgIpc) is 2.87. The number of primary sulfonamides is 1. The van der Waals surface area contributed by atoms with E-state index in [9.17, 15) is 8.42 Å². The molecule has 2 saturated carbocycles. The maximum absolute atomic E-state index is 11.4. The quantitative estimate of drug-likeness (QED) is 0.880. The lowest BCUT2D eigenvalue weighted by Crippen LogP contribution is -2.71. The molecule has 1 aliphatic heterocycles. The number of rotatable bonds is 4. The number of ether oxygens (including phenoxy) is 1. The van der Waals surface area contributed by atoms with Gasteiger partial charge in [-0.15, -0.1) is 0 Å². The van der Waals surface area contributed by atoms with Crippen LogP contribution in [0.4, 0.5) is 0 Å². The highest BCUT2D eigenvalue weighted by Crippen LogP contribution is 2.63. The fourth-order valence-corrected chi connectivity index (χ4v) is 5.32. The zero-order valence-electron chi connectivity index (χ0n) is 13.4. The van der Waals surface area contributed by atoms with Gasteiger partial charge in [0.15, 0.2) is 0 Å². The summed E-state index contributed by atoms with van der Waals surface area (Å²) in [7, 11) is -3.62. The van der Waals surface area contributed by atoms with Crippen LogP contribution < -0.4 is 10.5 Å². The molecule has 0 aromatic heterocycles.